The van der Waals surface area contributed by atoms with Crippen molar-refractivity contribution in [3.8, 4) is 0 Å². The van der Waals surface area contributed by atoms with Gasteiger partial charge in [-0.25, -0.2) is 0 Å². The van der Waals surface area contributed by atoms with Crippen LogP contribution in [0.2, 0.25) is 0 Å². The van der Waals surface area contributed by atoms with Gasteiger partial charge < -0.3 is 40.3 Å². The van der Waals surface area contributed by atoms with Gasteiger partial charge >= 0.3 is 0 Å². The van der Waals surface area contributed by atoms with Crippen molar-refractivity contribution >= 4 is 5.91 Å². The van der Waals surface area contributed by atoms with Crippen LogP contribution in [-0.2, 0) is 14.3 Å². The van der Waals surface area contributed by atoms with Crippen LogP contribution in [0, 0.1) is 0 Å². The van der Waals surface area contributed by atoms with Crippen molar-refractivity contribution in [2.45, 2.75) is 358 Å². The van der Waals surface area contributed by atoms with Crippen molar-refractivity contribution in [2.24, 2.45) is 0 Å². The van der Waals surface area contributed by atoms with E-state index < -0.39 is 49.5 Å². The summed E-state index contributed by atoms with van der Waals surface area (Å²) in [5.41, 5.74) is 0. The Bertz CT molecular complexity index is 1570. The lowest BCUT2D eigenvalue weighted by atomic mass is 9.99. The monoisotopic (exact) mass is 1150 g/mol. The first kappa shape index (κ1) is 77.4. The van der Waals surface area contributed by atoms with Crippen LogP contribution in [0.5, 0.6) is 0 Å². The Morgan fingerprint density at radius 2 is 0.756 bits per heavy atom. The van der Waals surface area contributed by atoms with E-state index in [1.807, 2.05) is 6.08 Å². The van der Waals surface area contributed by atoms with Gasteiger partial charge in [-0.2, -0.15) is 0 Å². The Morgan fingerprint density at radius 3 is 1.12 bits per heavy atom. The Hall–Kier alpha value is -2.63. The summed E-state index contributed by atoms with van der Waals surface area (Å²) < 4.78 is 11.3. The number of rotatable bonds is 60. The number of carbonyl (C=O) groups excluding carboxylic acids is 1. The number of nitrogens with one attached hydrogen (secondary N) is 1. The first-order valence-corrected chi connectivity index (χ1v) is 34.8. The molecule has 9 heteroatoms. The van der Waals surface area contributed by atoms with Gasteiger partial charge in [0.2, 0.25) is 5.91 Å². The second-order valence-corrected chi connectivity index (χ2v) is 23.9. The molecule has 1 aliphatic rings. The minimum atomic E-state index is -1.57. The molecule has 1 aliphatic heterocycles. The summed E-state index contributed by atoms with van der Waals surface area (Å²) in [6, 6.07) is -0.812. The summed E-state index contributed by atoms with van der Waals surface area (Å²) in [5.74, 6) is -0.178. The van der Waals surface area contributed by atoms with Gasteiger partial charge in [0.15, 0.2) is 6.29 Å². The molecule has 0 saturated carbocycles. The first-order valence-electron chi connectivity index (χ1n) is 34.8. The van der Waals surface area contributed by atoms with E-state index in [0.29, 0.717) is 6.42 Å². The highest BCUT2D eigenvalue weighted by Gasteiger charge is 2.44. The minimum absolute atomic E-state index is 0.178. The molecule has 476 valence electrons. The zero-order valence-electron chi connectivity index (χ0n) is 53.2. The van der Waals surface area contributed by atoms with Crippen LogP contribution < -0.4 is 5.32 Å². The minimum Gasteiger partial charge on any atom is -0.394 e. The molecule has 0 aliphatic carbocycles. The largest absolute Gasteiger partial charge is 0.394 e. The molecular formula is C73H131NO8. The van der Waals surface area contributed by atoms with E-state index in [0.717, 1.165) is 77.0 Å². The van der Waals surface area contributed by atoms with E-state index in [-0.39, 0.29) is 12.5 Å². The van der Waals surface area contributed by atoms with Gasteiger partial charge in [-0.05, 0) is 70.6 Å². The summed E-state index contributed by atoms with van der Waals surface area (Å²) in [6.07, 6.45) is 81.1. The molecule has 6 N–H and O–H groups in total. The Labute approximate surface area is 505 Å². The van der Waals surface area contributed by atoms with Crippen LogP contribution in [0.4, 0.5) is 0 Å². The summed E-state index contributed by atoms with van der Waals surface area (Å²) in [7, 11) is 0. The second kappa shape index (κ2) is 61.5. The van der Waals surface area contributed by atoms with Gasteiger partial charge in [-0.3, -0.25) is 4.79 Å². The fourth-order valence-electron chi connectivity index (χ4n) is 10.8. The molecule has 1 saturated heterocycles. The number of hydrogen-bond donors (Lipinski definition) is 6. The van der Waals surface area contributed by atoms with Gasteiger partial charge in [0.1, 0.15) is 24.4 Å². The van der Waals surface area contributed by atoms with Crippen LogP contribution in [0.15, 0.2) is 85.1 Å². The number of carbonyl (C=O) groups is 1. The van der Waals surface area contributed by atoms with Crippen LogP contribution in [-0.4, -0.2) is 87.5 Å². The molecule has 1 heterocycles. The predicted octanol–water partition coefficient (Wildman–Crippen LogP) is 18.9. The molecule has 0 radical (unpaired) electrons. The lowest BCUT2D eigenvalue weighted by molar-refractivity contribution is -0.302. The maximum Gasteiger partial charge on any atom is 0.220 e. The van der Waals surface area contributed by atoms with Crippen LogP contribution >= 0.6 is 0 Å². The zero-order chi connectivity index (χ0) is 59.3. The van der Waals surface area contributed by atoms with Crippen molar-refractivity contribution in [3.05, 3.63) is 85.1 Å². The third kappa shape index (κ3) is 49.6. The highest BCUT2D eigenvalue weighted by Crippen LogP contribution is 2.23. The summed E-state index contributed by atoms with van der Waals surface area (Å²) in [4.78, 5) is 13.1. The Balaban J connectivity index is 2.15. The molecule has 9 nitrogen and oxygen atoms in total. The standard InChI is InChI=1S/C73H131NO8/c1-3-5-7-9-11-13-15-17-19-21-23-25-27-29-31-33-34-35-37-39-41-43-45-47-49-51-53-55-57-59-61-63-69(77)74-66(65-81-73-72(80)71(79)70(78)68(64-75)82-73)67(76)62-60-58-56-54-52-50-48-46-44-42-40-38-36-32-30-28-26-24-22-20-18-16-14-12-10-8-6-4-2/h5,7,11,13,17,19,23,25,29,31,34-35,60,62,66-68,70-73,75-76,78-80H,3-4,6,8-10,12,14-16,18,20-22,24,26-28,30,32-33,36-59,61,63-65H2,1-2H3,(H,74,77)/b7-5-,13-11-,19-17-,25-23-,31-29-,35-34-,62-60+. The van der Waals surface area contributed by atoms with Gasteiger partial charge in [0.25, 0.3) is 0 Å². The van der Waals surface area contributed by atoms with Gasteiger partial charge in [-0.1, -0.05) is 324 Å². The van der Waals surface area contributed by atoms with E-state index in [1.165, 1.54) is 218 Å². The molecule has 7 atom stereocenters. The first-order chi connectivity index (χ1) is 40.3. The van der Waals surface area contributed by atoms with Crippen LogP contribution in [0.3, 0.4) is 0 Å². The third-order valence-electron chi connectivity index (χ3n) is 16.2. The topological polar surface area (TPSA) is 149 Å². The normalized spacial score (nSPS) is 18.8. The van der Waals surface area contributed by atoms with Crippen LogP contribution in [0.1, 0.15) is 316 Å². The number of aliphatic hydroxyl groups is 5. The highest BCUT2D eigenvalue weighted by atomic mass is 16.7. The van der Waals surface area contributed by atoms with Crippen molar-refractivity contribution < 1.29 is 39.8 Å². The van der Waals surface area contributed by atoms with Gasteiger partial charge in [0.05, 0.1) is 25.4 Å². The lowest BCUT2D eigenvalue weighted by Gasteiger charge is -2.40. The van der Waals surface area contributed by atoms with Crippen molar-refractivity contribution in [1.82, 2.24) is 5.32 Å². The fourth-order valence-corrected chi connectivity index (χ4v) is 10.8. The summed E-state index contributed by atoms with van der Waals surface area (Å²) in [6.45, 7) is 3.70. The van der Waals surface area contributed by atoms with Crippen LogP contribution in [0.25, 0.3) is 0 Å². The average molecular weight is 1150 g/mol. The fraction of sp³-hybridized carbons (Fsp3) is 0.795. The molecule has 1 amide bonds. The van der Waals surface area contributed by atoms with Gasteiger partial charge in [0, 0.05) is 6.42 Å². The smallest absolute Gasteiger partial charge is 0.220 e. The van der Waals surface area contributed by atoms with E-state index in [1.54, 1.807) is 6.08 Å². The van der Waals surface area contributed by atoms with Crippen molar-refractivity contribution in [2.75, 3.05) is 13.2 Å². The third-order valence-corrected chi connectivity index (χ3v) is 16.2. The molecule has 0 bridgehead atoms. The highest BCUT2D eigenvalue weighted by molar-refractivity contribution is 5.76. The quantitative estimate of drug-likeness (QED) is 0.0261. The molecular weight excluding hydrogens is 1020 g/mol. The Morgan fingerprint density at radius 1 is 0.427 bits per heavy atom. The zero-order valence-corrected chi connectivity index (χ0v) is 53.2. The summed E-state index contributed by atoms with van der Waals surface area (Å²) in [5, 5.41) is 54.8. The van der Waals surface area contributed by atoms with Crippen molar-refractivity contribution in [3.63, 3.8) is 0 Å². The average Bonchev–Trinajstić information content (AvgIpc) is 3.52. The maximum absolute atomic E-state index is 13.1. The van der Waals surface area contributed by atoms with E-state index >= 15 is 0 Å². The molecule has 1 rings (SSSR count). The SMILES string of the molecule is CC/C=C\C/C=C\C/C=C\C/C=C\C/C=C\C/C=C\CCCCCCCCCCCCCCC(=O)NC(COC1OC(CO)C(O)C(O)C1O)C(O)/C=C/CCCCCCCCCCCCCCCCCCCCCCCCCCCC. The van der Waals surface area contributed by atoms with E-state index in [2.05, 4.69) is 92.1 Å². The molecule has 0 aromatic heterocycles. The molecule has 7 unspecified atom stereocenters. The number of amides is 1. The molecule has 1 fully saturated rings. The number of hydrogen-bond acceptors (Lipinski definition) is 8. The molecule has 0 spiro atoms. The number of ether oxygens (including phenoxy) is 2. The number of aliphatic hydroxyl groups excluding tert-OH is 5. The maximum atomic E-state index is 13.1. The van der Waals surface area contributed by atoms with Gasteiger partial charge in [-0.15, -0.1) is 0 Å². The second-order valence-electron chi connectivity index (χ2n) is 23.9. The number of unbranched alkanes of at least 4 members (excludes halogenated alkanes) is 38. The molecule has 82 heavy (non-hydrogen) atoms. The lowest BCUT2D eigenvalue weighted by Crippen LogP contribution is -2.60. The predicted molar refractivity (Wildman–Crippen MR) is 350 cm³/mol. The number of allylic oxidation sites excluding steroid dienone is 13. The Kier molecular flexibility index (Phi) is 58.0. The van der Waals surface area contributed by atoms with E-state index in [4.69, 9.17) is 9.47 Å². The molecule has 0 aromatic rings. The molecule has 0 aromatic carbocycles. The van der Waals surface area contributed by atoms with E-state index in [9.17, 15) is 30.3 Å². The summed E-state index contributed by atoms with van der Waals surface area (Å²) >= 11 is 0. The van der Waals surface area contributed by atoms with Crippen molar-refractivity contribution in [1.29, 1.82) is 0 Å².